The van der Waals surface area contributed by atoms with Gasteiger partial charge in [0.25, 0.3) is 0 Å². The van der Waals surface area contributed by atoms with Crippen LogP contribution >= 0.6 is 11.3 Å². The predicted octanol–water partition coefficient (Wildman–Crippen LogP) is 2.68. The molecular weight excluding hydrogens is 426 g/mol. The van der Waals surface area contributed by atoms with Crippen LogP contribution in [0.5, 0.6) is 0 Å². The predicted molar refractivity (Wildman–Crippen MR) is 99.9 cm³/mol. The highest BCUT2D eigenvalue weighted by atomic mass is 32.1. The van der Waals surface area contributed by atoms with E-state index in [1.807, 2.05) is 0 Å². The highest BCUT2D eigenvalue weighted by Crippen LogP contribution is 2.32. The van der Waals surface area contributed by atoms with Crippen LogP contribution in [0.2, 0.25) is 0 Å². The second-order valence-electron chi connectivity index (χ2n) is 7.02. The standard InChI is InChI=1S/C19H19F4N3O3S/c1-10(18-25-15(9-30-18)19(21,22)23)24-17(29)14-7-12(27)8-26(14)16(28)6-11-4-2-3-5-13(11)20/h2-5,9-10,12,14,27H,6-8H2,1H3,(H,24,29). The summed E-state index contributed by atoms with van der Waals surface area (Å²) in [5.74, 6) is -1.70. The lowest BCUT2D eigenvalue weighted by atomic mass is 10.1. The fraction of sp³-hybridized carbons (Fsp3) is 0.421. The number of aliphatic hydroxyl groups is 1. The Balaban J connectivity index is 1.68. The van der Waals surface area contributed by atoms with Crippen LogP contribution in [-0.2, 0) is 22.2 Å². The van der Waals surface area contributed by atoms with Gasteiger partial charge < -0.3 is 15.3 Å². The Morgan fingerprint density at radius 2 is 2.07 bits per heavy atom. The van der Waals surface area contributed by atoms with Crippen LogP contribution in [0.3, 0.4) is 0 Å². The summed E-state index contributed by atoms with van der Waals surface area (Å²) in [7, 11) is 0. The lowest BCUT2D eigenvalue weighted by Crippen LogP contribution is -2.47. The minimum Gasteiger partial charge on any atom is -0.391 e. The van der Waals surface area contributed by atoms with Crippen molar-refractivity contribution in [2.75, 3.05) is 6.54 Å². The number of β-amino-alcohol motifs (C(OH)–C–C–N with tert-alkyl or cyclic N) is 1. The Kier molecular flexibility index (Phi) is 6.41. The number of benzene rings is 1. The maximum Gasteiger partial charge on any atom is 0.434 e. The van der Waals surface area contributed by atoms with Crippen LogP contribution in [0.25, 0.3) is 0 Å². The van der Waals surface area contributed by atoms with E-state index in [0.717, 1.165) is 16.7 Å². The van der Waals surface area contributed by atoms with Gasteiger partial charge in [-0.15, -0.1) is 11.3 Å². The van der Waals surface area contributed by atoms with Gasteiger partial charge >= 0.3 is 6.18 Å². The molecule has 3 unspecified atom stereocenters. The third kappa shape index (κ3) is 4.96. The Bertz CT molecular complexity index is 934. The Morgan fingerprint density at radius 3 is 2.70 bits per heavy atom. The molecule has 3 atom stereocenters. The number of carbonyl (C=O) groups is 2. The number of alkyl halides is 3. The van der Waals surface area contributed by atoms with E-state index < -0.39 is 47.7 Å². The molecule has 0 bridgehead atoms. The fourth-order valence-corrected chi connectivity index (χ4v) is 4.07. The number of carbonyl (C=O) groups excluding carboxylic acids is 2. The molecule has 0 radical (unpaired) electrons. The minimum absolute atomic E-state index is 0.0206. The van der Waals surface area contributed by atoms with Gasteiger partial charge in [-0.3, -0.25) is 9.59 Å². The van der Waals surface area contributed by atoms with Crippen molar-refractivity contribution in [3.05, 3.63) is 51.7 Å². The van der Waals surface area contributed by atoms with Crippen molar-refractivity contribution >= 4 is 23.2 Å². The average Bonchev–Trinajstić information content (AvgIpc) is 3.30. The Morgan fingerprint density at radius 1 is 1.37 bits per heavy atom. The number of hydrogen-bond acceptors (Lipinski definition) is 5. The van der Waals surface area contributed by atoms with Gasteiger partial charge in [-0.2, -0.15) is 13.2 Å². The number of thiazole rings is 1. The SMILES string of the molecule is CC(NC(=O)C1CC(O)CN1C(=O)Cc1ccccc1F)c1nc(C(F)(F)F)cs1. The normalized spacial score (nSPS) is 20.3. The first-order valence-corrected chi connectivity index (χ1v) is 9.98. The van der Waals surface area contributed by atoms with E-state index >= 15 is 0 Å². The molecule has 1 aromatic carbocycles. The number of nitrogens with one attached hydrogen (secondary N) is 1. The van der Waals surface area contributed by atoms with Crippen molar-refractivity contribution in [1.29, 1.82) is 0 Å². The zero-order valence-electron chi connectivity index (χ0n) is 15.8. The van der Waals surface area contributed by atoms with Gasteiger partial charge in [-0.25, -0.2) is 9.37 Å². The molecule has 1 aromatic heterocycles. The van der Waals surface area contributed by atoms with Crippen LogP contribution in [0, 0.1) is 5.82 Å². The van der Waals surface area contributed by atoms with E-state index in [9.17, 15) is 32.3 Å². The molecule has 1 aliphatic rings. The zero-order valence-corrected chi connectivity index (χ0v) is 16.6. The zero-order chi connectivity index (χ0) is 22.1. The van der Waals surface area contributed by atoms with E-state index in [0.29, 0.717) is 0 Å². The maximum absolute atomic E-state index is 13.8. The molecule has 2 aromatic rings. The van der Waals surface area contributed by atoms with Gasteiger partial charge in [-0.1, -0.05) is 18.2 Å². The first kappa shape index (κ1) is 22.2. The summed E-state index contributed by atoms with van der Waals surface area (Å²) in [6.45, 7) is 1.39. The van der Waals surface area contributed by atoms with Crippen molar-refractivity contribution < 1.29 is 32.3 Å². The van der Waals surface area contributed by atoms with Crippen molar-refractivity contribution in [3.63, 3.8) is 0 Å². The van der Waals surface area contributed by atoms with Gasteiger partial charge in [0.1, 0.15) is 16.9 Å². The first-order valence-electron chi connectivity index (χ1n) is 9.10. The van der Waals surface area contributed by atoms with E-state index in [1.165, 1.54) is 30.0 Å². The van der Waals surface area contributed by atoms with E-state index in [2.05, 4.69) is 10.3 Å². The largest absolute Gasteiger partial charge is 0.434 e. The summed E-state index contributed by atoms with van der Waals surface area (Å²) in [6.07, 6.45) is -5.81. The van der Waals surface area contributed by atoms with E-state index in [1.54, 1.807) is 6.07 Å². The highest BCUT2D eigenvalue weighted by Gasteiger charge is 2.40. The van der Waals surface area contributed by atoms with Gasteiger partial charge in [0.15, 0.2) is 5.69 Å². The lowest BCUT2D eigenvalue weighted by Gasteiger charge is -2.25. The lowest BCUT2D eigenvalue weighted by molar-refractivity contribution is -0.141. The monoisotopic (exact) mass is 445 g/mol. The molecule has 11 heteroatoms. The number of likely N-dealkylation sites (tertiary alicyclic amines) is 1. The minimum atomic E-state index is -4.58. The van der Waals surface area contributed by atoms with Crippen LogP contribution in [0.4, 0.5) is 17.6 Å². The van der Waals surface area contributed by atoms with Gasteiger partial charge in [0.05, 0.1) is 18.6 Å². The fourth-order valence-electron chi connectivity index (χ4n) is 3.23. The topological polar surface area (TPSA) is 82.5 Å². The molecule has 162 valence electrons. The van der Waals surface area contributed by atoms with Crippen molar-refractivity contribution in [3.8, 4) is 0 Å². The number of rotatable bonds is 5. The van der Waals surface area contributed by atoms with Gasteiger partial charge in [0.2, 0.25) is 11.8 Å². The molecule has 30 heavy (non-hydrogen) atoms. The van der Waals surface area contributed by atoms with Crippen LogP contribution in [0.15, 0.2) is 29.6 Å². The maximum atomic E-state index is 13.8. The summed E-state index contributed by atoms with van der Waals surface area (Å²) in [4.78, 5) is 30.0. The summed E-state index contributed by atoms with van der Waals surface area (Å²) >= 11 is 0.763. The summed E-state index contributed by atoms with van der Waals surface area (Å²) in [6, 6.07) is 3.92. The summed E-state index contributed by atoms with van der Waals surface area (Å²) in [5, 5.41) is 13.4. The molecule has 1 saturated heterocycles. The van der Waals surface area contributed by atoms with Gasteiger partial charge in [0, 0.05) is 18.3 Å². The number of hydrogen-bond donors (Lipinski definition) is 2. The number of aliphatic hydroxyl groups excluding tert-OH is 1. The quantitative estimate of drug-likeness (QED) is 0.694. The summed E-state index contributed by atoms with van der Waals surface area (Å²) in [5.41, 5.74) is -0.875. The van der Waals surface area contributed by atoms with Crippen LogP contribution < -0.4 is 5.32 Å². The Hall–Kier alpha value is -2.53. The van der Waals surface area contributed by atoms with Crippen molar-refractivity contribution in [2.45, 2.75) is 44.1 Å². The number of amides is 2. The molecule has 0 aliphatic carbocycles. The van der Waals surface area contributed by atoms with Gasteiger partial charge in [-0.05, 0) is 18.6 Å². The second-order valence-corrected chi connectivity index (χ2v) is 7.91. The van der Waals surface area contributed by atoms with Crippen molar-refractivity contribution in [1.82, 2.24) is 15.2 Å². The molecule has 2 heterocycles. The number of halogens is 4. The molecule has 0 saturated carbocycles. The smallest absolute Gasteiger partial charge is 0.391 e. The first-order chi connectivity index (χ1) is 14.1. The second kappa shape index (κ2) is 8.68. The molecule has 2 amide bonds. The van der Waals surface area contributed by atoms with Crippen LogP contribution in [-0.4, -0.2) is 45.5 Å². The van der Waals surface area contributed by atoms with E-state index in [4.69, 9.17) is 0 Å². The molecule has 0 spiro atoms. The van der Waals surface area contributed by atoms with Crippen LogP contribution in [0.1, 0.15) is 35.7 Å². The Labute approximate surface area is 173 Å². The molecular formula is C19H19F4N3O3S. The van der Waals surface area contributed by atoms with Crippen molar-refractivity contribution in [2.24, 2.45) is 0 Å². The molecule has 6 nitrogen and oxygen atoms in total. The summed E-state index contributed by atoms with van der Waals surface area (Å²) < 4.78 is 52.0. The number of aromatic nitrogens is 1. The highest BCUT2D eigenvalue weighted by molar-refractivity contribution is 7.09. The third-order valence-electron chi connectivity index (χ3n) is 4.74. The molecule has 1 fully saturated rings. The molecule has 3 rings (SSSR count). The third-order valence-corrected chi connectivity index (χ3v) is 5.77. The average molecular weight is 445 g/mol. The molecule has 2 N–H and O–H groups in total. The molecule has 1 aliphatic heterocycles. The van der Waals surface area contributed by atoms with E-state index in [-0.39, 0.29) is 30.0 Å². The number of nitrogens with zero attached hydrogens (tertiary/aromatic N) is 2.